The Hall–Kier alpha value is -3.83. The number of anilines is 2. The van der Waals surface area contributed by atoms with Crippen molar-refractivity contribution in [1.29, 1.82) is 0 Å². The number of benzene rings is 3. The molecule has 5 aromatic rings. The van der Waals surface area contributed by atoms with E-state index in [1.54, 1.807) is 11.3 Å². The first kappa shape index (κ1) is 19.2. The molecule has 0 aliphatic rings. The molecule has 0 atom stereocenters. The monoisotopic (exact) mass is 420 g/mol. The molecule has 3 aromatic carbocycles. The molecule has 5 rings (SSSR count). The van der Waals surface area contributed by atoms with Crippen LogP contribution in [0.1, 0.15) is 5.56 Å². The maximum atomic E-state index is 4.78. The van der Waals surface area contributed by atoms with E-state index in [1.165, 1.54) is 5.56 Å². The molecule has 0 unspecified atom stereocenters. The van der Waals surface area contributed by atoms with E-state index in [4.69, 9.17) is 4.98 Å². The fourth-order valence-electron chi connectivity index (χ4n) is 3.27. The van der Waals surface area contributed by atoms with E-state index in [1.807, 2.05) is 42.5 Å². The first-order valence-electron chi connectivity index (χ1n) is 10.0. The number of hydrogen-bond acceptors (Lipinski definition) is 5. The van der Waals surface area contributed by atoms with Crippen LogP contribution in [-0.2, 0) is 0 Å². The summed E-state index contributed by atoms with van der Waals surface area (Å²) in [4.78, 5) is 4.78. The molecule has 31 heavy (non-hydrogen) atoms. The lowest BCUT2D eigenvalue weighted by Gasteiger charge is -2.07. The molecule has 2 heterocycles. The van der Waals surface area contributed by atoms with Crippen LogP contribution in [-0.4, -0.2) is 15.2 Å². The normalized spacial score (nSPS) is 10.7. The van der Waals surface area contributed by atoms with Gasteiger partial charge in [0.1, 0.15) is 5.01 Å². The Bertz CT molecular complexity index is 1280. The summed E-state index contributed by atoms with van der Waals surface area (Å²) in [7, 11) is 0. The largest absolute Gasteiger partial charge is 0.339 e. The van der Waals surface area contributed by atoms with Crippen molar-refractivity contribution in [2.45, 2.75) is 6.92 Å². The van der Waals surface area contributed by atoms with Crippen molar-refractivity contribution in [3.63, 3.8) is 0 Å². The number of rotatable bonds is 5. The molecule has 0 spiro atoms. The molecule has 1 N–H and O–H groups in total. The van der Waals surface area contributed by atoms with Crippen LogP contribution in [0, 0.1) is 6.92 Å². The average molecular weight is 421 g/mol. The zero-order chi connectivity index (χ0) is 21.0. The predicted molar refractivity (Wildman–Crippen MR) is 128 cm³/mol. The summed E-state index contributed by atoms with van der Waals surface area (Å²) in [5.74, 6) is 0.712. The first-order valence-corrected chi connectivity index (χ1v) is 10.9. The Balaban J connectivity index is 1.28. The van der Waals surface area contributed by atoms with Crippen molar-refractivity contribution < 1.29 is 0 Å². The molecule has 4 nitrogen and oxygen atoms in total. The molecule has 5 heteroatoms. The van der Waals surface area contributed by atoms with E-state index in [9.17, 15) is 0 Å². The van der Waals surface area contributed by atoms with Gasteiger partial charge in [-0.1, -0.05) is 72.3 Å². The van der Waals surface area contributed by atoms with Gasteiger partial charge in [-0.15, -0.1) is 21.5 Å². The molecule has 0 saturated carbocycles. The van der Waals surface area contributed by atoms with Gasteiger partial charge in [-0.25, -0.2) is 4.98 Å². The minimum atomic E-state index is 0.712. The molecule has 2 aromatic heterocycles. The van der Waals surface area contributed by atoms with Crippen molar-refractivity contribution in [3.8, 4) is 33.1 Å². The standard InChI is InChI=1S/C26H20N4S/c1-18-7-9-19(10-8-18)23-15-16-25(30-29-23)27-22-13-11-20(12-14-22)24-17-31-26(28-24)21-5-3-2-4-6-21/h2-17H,1H3,(H,27,30). The van der Waals surface area contributed by atoms with Crippen LogP contribution in [0.3, 0.4) is 0 Å². The number of nitrogens with one attached hydrogen (secondary N) is 1. The molecule has 0 fully saturated rings. The Labute approximate surface area is 185 Å². The number of aromatic nitrogens is 3. The minimum Gasteiger partial charge on any atom is -0.339 e. The third kappa shape index (κ3) is 4.37. The van der Waals surface area contributed by atoms with Gasteiger partial charge in [0.05, 0.1) is 11.4 Å². The number of thiazole rings is 1. The molecular weight excluding hydrogens is 400 g/mol. The highest BCUT2D eigenvalue weighted by molar-refractivity contribution is 7.13. The quantitative estimate of drug-likeness (QED) is 0.333. The van der Waals surface area contributed by atoms with E-state index in [2.05, 4.69) is 76.3 Å². The Morgan fingerprint density at radius 1 is 0.645 bits per heavy atom. The van der Waals surface area contributed by atoms with Crippen LogP contribution < -0.4 is 5.32 Å². The lowest BCUT2D eigenvalue weighted by atomic mass is 10.1. The van der Waals surface area contributed by atoms with Gasteiger partial charge in [0, 0.05) is 27.8 Å². The summed E-state index contributed by atoms with van der Waals surface area (Å²) in [5.41, 5.74) is 7.32. The van der Waals surface area contributed by atoms with Crippen LogP contribution in [0.4, 0.5) is 11.5 Å². The predicted octanol–water partition coefficient (Wildman–Crippen LogP) is 6.99. The second-order valence-corrected chi connectivity index (χ2v) is 8.13. The second-order valence-electron chi connectivity index (χ2n) is 7.28. The first-order chi connectivity index (χ1) is 15.2. The number of hydrogen-bond donors (Lipinski definition) is 1. The van der Waals surface area contributed by atoms with Gasteiger partial charge in [0.25, 0.3) is 0 Å². The van der Waals surface area contributed by atoms with Gasteiger partial charge in [0.15, 0.2) is 5.82 Å². The highest BCUT2D eigenvalue weighted by Gasteiger charge is 2.07. The zero-order valence-electron chi connectivity index (χ0n) is 17.0. The molecule has 0 bridgehead atoms. The molecular formula is C26H20N4S. The van der Waals surface area contributed by atoms with Crippen molar-refractivity contribution >= 4 is 22.8 Å². The summed E-state index contributed by atoms with van der Waals surface area (Å²) in [6.45, 7) is 2.07. The van der Waals surface area contributed by atoms with E-state index >= 15 is 0 Å². The summed E-state index contributed by atoms with van der Waals surface area (Å²) in [6, 6.07) is 30.7. The van der Waals surface area contributed by atoms with E-state index < -0.39 is 0 Å². The molecule has 0 radical (unpaired) electrons. The van der Waals surface area contributed by atoms with Gasteiger partial charge in [-0.05, 0) is 31.2 Å². The molecule has 0 aliphatic carbocycles. The minimum absolute atomic E-state index is 0.712. The third-order valence-electron chi connectivity index (χ3n) is 4.99. The number of aryl methyl sites for hydroxylation is 1. The summed E-state index contributed by atoms with van der Waals surface area (Å²) < 4.78 is 0. The SMILES string of the molecule is Cc1ccc(-c2ccc(Nc3ccc(-c4csc(-c5ccccc5)n4)cc3)nn2)cc1. The Morgan fingerprint density at radius 2 is 1.35 bits per heavy atom. The second kappa shape index (κ2) is 8.50. The maximum absolute atomic E-state index is 4.78. The highest BCUT2D eigenvalue weighted by Crippen LogP contribution is 2.29. The Kier molecular flexibility index (Phi) is 5.25. The van der Waals surface area contributed by atoms with Gasteiger partial charge >= 0.3 is 0 Å². The molecule has 0 aliphatic heterocycles. The van der Waals surface area contributed by atoms with Crippen LogP contribution in [0.15, 0.2) is 96.4 Å². The van der Waals surface area contributed by atoms with Crippen molar-refractivity contribution in [3.05, 3.63) is 102 Å². The van der Waals surface area contributed by atoms with Crippen LogP contribution in [0.2, 0.25) is 0 Å². The van der Waals surface area contributed by atoms with Crippen molar-refractivity contribution in [1.82, 2.24) is 15.2 Å². The van der Waals surface area contributed by atoms with E-state index in [0.717, 1.165) is 38.8 Å². The lowest BCUT2D eigenvalue weighted by molar-refractivity contribution is 1.04. The van der Waals surface area contributed by atoms with Gasteiger partial charge in [-0.2, -0.15) is 0 Å². The fourth-order valence-corrected chi connectivity index (χ4v) is 4.10. The fraction of sp³-hybridized carbons (Fsp3) is 0.0385. The smallest absolute Gasteiger partial charge is 0.153 e. The Morgan fingerprint density at radius 3 is 2.06 bits per heavy atom. The van der Waals surface area contributed by atoms with Crippen LogP contribution in [0.25, 0.3) is 33.1 Å². The molecule has 0 saturated heterocycles. The molecule has 0 amide bonds. The van der Waals surface area contributed by atoms with Gasteiger partial charge in [-0.3, -0.25) is 0 Å². The van der Waals surface area contributed by atoms with Crippen LogP contribution >= 0.6 is 11.3 Å². The zero-order valence-corrected chi connectivity index (χ0v) is 17.8. The topological polar surface area (TPSA) is 50.7 Å². The van der Waals surface area contributed by atoms with Gasteiger partial charge < -0.3 is 5.32 Å². The molecule has 150 valence electrons. The summed E-state index contributed by atoms with van der Waals surface area (Å²) in [5, 5.41) is 15.1. The maximum Gasteiger partial charge on any atom is 0.153 e. The van der Waals surface area contributed by atoms with Crippen molar-refractivity contribution in [2.75, 3.05) is 5.32 Å². The van der Waals surface area contributed by atoms with E-state index in [0.29, 0.717) is 5.82 Å². The summed E-state index contributed by atoms with van der Waals surface area (Å²) >= 11 is 1.66. The highest BCUT2D eigenvalue weighted by atomic mass is 32.1. The third-order valence-corrected chi connectivity index (χ3v) is 5.88. The average Bonchev–Trinajstić information content (AvgIpc) is 3.32. The van der Waals surface area contributed by atoms with E-state index in [-0.39, 0.29) is 0 Å². The van der Waals surface area contributed by atoms with Crippen LogP contribution in [0.5, 0.6) is 0 Å². The summed E-state index contributed by atoms with van der Waals surface area (Å²) in [6.07, 6.45) is 0. The number of nitrogens with zero attached hydrogens (tertiary/aromatic N) is 3. The van der Waals surface area contributed by atoms with Crippen molar-refractivity contribution in [2.24, 2.45) is 0 Å². The van der Waals surface area contributed by atoms with Gasteiger partial charge in [0.2, 0.25) is 0 Å². The lowest BCUT2D eigenvalue weighted by Crippen LogP contribution is -1.96.